The fourth-order valence-corrected chi connectivity index (χ4v) is 4.02. The first-order valence-corrected chi connectivity index (χ1v) is 7.32. The van der Waals surface area contributed by atoms with Gasteiger partial charge in [-0.05, 0) is 30.6 Å². The van der Waals surface area contributed by atoms with Crippen molar-refractivity contribution in [3.05, 3.63) is 23.7 Å². The number of allylic oxidation sites excluding steroid dienone is 1. The second kappa shape index (κ2) is 3.92. The van der Waals surface area contributed by atoms with Crippen molar-refractivity contribution in [3.8, 4) is 0 Å². The normalized spacial score (nSPS) is 33.4. The number of nitrogens with one attached hydrogen (secondary N) is 1. The molecule has 0 saturated heterocycles. The summed E-state index contributed by atoms with van der Waals surface area (Å²) in [4.78, 5) is 4.17. The van der Waals surface area contributed by atoms with Gasteiger partial charge in [0.1, 0.15) is 0 Å². The van der Waals surface area contributed by atoms with Gasteiger partial charge in [-0.25, -0.2) is 4.98 Å². The summed E-state index contributed by atoms with van der Waals surface area (Å²) in [5.41, 5.74) is 4.80. The highest BCUT2D eigenvalue weighted by molar-refractivity contribution is 7.13. The van der Waals surface area contributed by atoms with Gasteiger partial charge >= 0.3 is 0 Å². The lowest BCUT2D eigenvalue weighted by molar-refractivity contribution is 0.226. The second-order valence-corrected chi connectivity index (χ2v) is 6.85. The Hall–Kier alpha value is -1.16. The Labute approximate surface area is 112 Å². The van der Waals surface area contributed by atoms with Gasteiger partial charge in [-0.1, -0.05) is 26.0 Å². The highest BCUT2D eigenvalue weighted by Crippen LogP contribution is 2.65. The zero-order valence-corrected chi connectivity index (χ0v) is 11.8. The summed E-state index contributed by atoms with van der Waals surface area (Å²) >= 11 is 1.57. The van der Waals surface area contributed by atoms with Gasteiger partial charge in [0, 0.05) is 23.2 Å². The molecule has 2 aliphatic rings. The van der Waals surface area contributed by atoms with Crippen molar-refractivity contribution in [1.29, 1.82) is 0 Å². The van der Waals surface area contributed by atoms with E-state index in [2.05, 4.69) is 42.2 Å². The van der Waals surface area contributed by atoms with Crippen molar-refractivity contribution in [2.24, 2.45) is 21.8 Å². The molecule has 1 N–H and O–H groups in total. The lowest BCUT2D eigenvalue weighted by atomic mass is 9.64. The molecule has 2 bridgehead atoms. The topological polar surface area (TPSA) is 37.3 Å². The highest BCUT2D eigenvalue weighted by atomic mass is 32.1. The molecule has 2 unspecified atom stereocenters. The quantitative estimate of drug-likeness (QED) is 0.508. The van der Waals surface area contributed by atoms with E-state index in [1.165, 1.54) is 24.8 Å². The van der Waals surface area contributed by atoms with Gasteiger partial charge in [-0.2, -0.15) is 5.10 Å². The maximum absolute atomic E-state index is 4.43. The van der Waals surface area contributed by atoms with Crippen LogP contribution >= 0.6 is 11.3 Å². The monoisotopic (exact) mass is 261 g/mol. The van der Waals surface area contributed by atoms with Crippen molar-refractivity contribution in [1.82, 2.24) is 4.98 Å². The van der Waals surface area contributed by atoms with Crippen LogP contribution in [0.15, 0.2) is 28.8 Å². The summed E-state index contributed by atoms with van der Waals surface area (Å²) in [6, 6.07) is 0. The van der Waals surface area contributed by atoms with E-state index in [1.807, 2.05) is 5.38 Å². The van der Waals surface area contributed by atoms with E-state index in [4.69, 9.17) is 0 Å². The number of hydrazone groups is 1. The molecule has 18 heavy (non-hydrogen) atoms. The zero-order valence-electron chi connectivity index (χ0n) is 10.9. The standard InChI is InChI=1S/C14H19N3S/c1-10-11-4-5-14(8-11,13(10,2)3)9-16-17-12-15-6-7-18-12/h6-7,9,11H,1,4-5,8H2,2-3H3,(H,15,17). The third-order valence-corrected chi connectivity index (χ3v) is 5.67. The molecular weight excluding hydrogens is 242 g/mol. The molecule has 2 saturated carbocycles. The summed E-state index contributed by atoms with van der Waals surface area (Å²) < 4.78 is 0. The van der Waals surface area contributed by atoms with E-state index in [1.54, 1.807) is 17.5 Å². The van der Waals surface area contributed by atoms with Crippen LogP contribution in [-0.4, -0.2) is 11.2 Å². The smallest absolute Gasteiger partial charge is 0.203 e. The van der Waals surface area contributed by atoms with Gasteiger partial charge in [-0.3, -0.25) is 5.43 Å². The van der Waals surface area contributed by atoms with Crippen LogP contribution in [0.2, 0.25) is 0 Å². The number of hydrogen-bond donors (Lipinski definition) is 1. The van der Waals surface area contributed by atoms with Crippen molar-refractivity contribution in [3.63, 3.8) is 0 Å². The van der Waals surface area contributed by atoms with Gasteiger partial charge < -0.3 is 0 Å². The van der Waals surface area contributed by atoms with Gasteiger partial charge in [-0.15, -0.1) is 11.3 Å². The lowest BCUT2D eigenvalue weighted by Gasteiger charge is -2.40. The molecule has 3 rings (SSSR count). The largest absolute Gasteiger partial charge is 0.253 e. The van der Waals surface area contributed by atoms with Crippen molar-refractivity contribution >= 4 is 22.7 Å². The average Bonchev–Trinajstić information content (AvgIpc) is 3.00. The Balaban J connectivity index is 1.79. The molecule has 1 aromatic rings. The fraction of sp³-hybridized carbons (Fsp3) is 0.571. The average molecular weight is 261 g/mol. The molecule has 0 aliphatic heterocycles. The summed E-state index contributed by atoms with van der Waals surface area (Å²) in [5, 5.41) is 7.23. The predicted molar refractivity (Wildman–Crippen MR) is 76.9 cm³/mol. The van der Waals surface area contributed by atoms with Crippen molar-refractivity contribution in [2.75, 3.05) is 5.43 Å². The van der Waals surface area contributed by atoms with Gasteiger partial charge in [0.15, 0.2) is 0 Å². The molecule has 0 aromatic carbocycles. The highest BCUT2D eigenvalue weighted by Gasteiger charge is 2.58. The minimum absolute atomic E-state index is 0.171. The van der Waals surface area contributed by atoms with Crippen LogP contribution in [0.5, 0.6) is 0 Å². The van der Waals surface area contributed by atoms with Crippen LogP contribution in [0.1, 0.15) is 33.1 Å². The van der Waals surface area contributed by atoms with E-state index in [-0.39, 0.29) is 10.8 Å². The molecule has 1 aromatic heterocycles. The van der Waals surface area contributed by atoms with Crippen LogP contribution < -0.4 is 5.43 Å². The number of fused-ring (bicyclic) bond motifs is 2. The van der Waals surface area contributed by atoms with E-state index in [0.717, 1.165) is 5.13 Å². The number of thiazole rings is 1. The van der Waals surface area contributed by atoms with Crippen molar-refractivity contribution in [2.45, 2.75) is 33.1 Å². The molecule has 2 fully saturated rings. The van der Waals surface area contributed by atoms with Crippen LogP contribution in [0, 0.1) is 16.7 Å². The third kappa shape index (κ3) is 1.55. The van der Waals surface area contributed by atoms with Crippen LogP contribution in [0.4, 0.5) is 5.13 Å². The fourth-order valence-electron chi connectivity index (χ4n) is 3.54. The summed E-state index contributed by atoms with van der Waals surface area (Å²) in [5.74, 6) is 0.700. The molecule has 0 radical (unpaired) electrons. The first-order chi connectivity index (χ1) is 8.55. The van der Waals surface area contributed by atoms with Gasteiger partial charge in [0.2, 0.25) is 5.13 Å². The number of rotatable bonds is 3. The Kier molecular flexibility index (Phi) is 2.59. The van der Waals surface area contributed by atoms with E-state index in [9.17, 15) is 0 Å². The molecular formula is C14H19N3S. The third-order valence-electron chi connectivity index (χ3n) is 4.99. The summed E-state index contributed by atoms with van der Waals surface area (Å²) in [6.45, 7) is 8.92. The molecule has 0 spiro atoms. The summed E-state index contributed by atoms with van der Waals surface area (Å²) in [7, 11) is 0. The minimum atomic E-state index is 0.171. The molecule has 4 heteroatoms. The van der Waals surface area contributed by atoms with E-state index in [0.29, 0.717) is 5.92 Å². The van der Waals surface area contributed by atoms with E-state index < -0.39 is 0 Å². The SMILES string of the molecule is C=C1C2CCC(C=NNc3nccs3)(C2)C1(C)C. The van der Waals surface area contributed by atoms with Crippen LogP contribution in [0.25, 0.3) is 0 Å². The van der Waals surface area contributed by atoms with Gasteiger partial charge in [0.25, 0.3) is 0 Å². The number of hydrogen-bond acceptors (Lipinski definition) is 4. The predicted octanol–water partition coefficient (Wildman–Crippen LogP) is 3.92. The van der Waals surface area contributed by atoms with E-state index >= 15 is 0 Å². The first kappa shape index (κ1) is 11.9. The minimum Gasteiger partial charge on any atom is -0.253 e. The van der Waals surface area contributed by atoms with Gasteiger partial charge in [0.05, 0.1) is 0 Å². The zero-order chi connectivity index (χ0) is 12.8. The first-order valence-electron chi connectivity index (χ1n) is 6.44. The Morgan fingerprint density at radius 2 is 2.44 bits per heavy atom. The molecule has 0 amide bonds. The van der Waals surface area contributed by atoms with Crippen LogP contribution in [-0.2, 0) is 0 Å². The Bertz CT molecular complexity index is 489. The molecule has 3 nitrogen and oxygen atoms in total. The molecule has 2 aliphatic carbocycles. The number of nitrogens with zero attached hydrogens (tertiary/aromatic N) is 2. The van der Waals surface area contributed by atoms with Crippen molar-refractivity contribution < 1.29 is 0 Å². The summed E-state index contributed by atoms with van der Waals surface area (Å²) in [6.07, 6.45) is 7.61. The molecule has 1 heterocycles. The van der Waals surface area contributed by atoms with Crippen LogP contribution in [0.3, 0.4) is 0 Å². The maximum Gasteiger partial charge on any atom is 0.203 e. The molecule has 2 atom stereocenters. The lowest BCUT2D eigenvalue weighted by Crippen LogP contribution is -2.35. The second-order valence-electron chi connectivity index (χ2n) is 5.95. The molecule has 96 valence electrons. The number of aromatic nitrogens is 1. The Morgan fingerprint density at radius 1 is 1.61 bits per heavy atom. The number of anilines is 1. The Morgan fingerprint density at radius 3 is 3.06 bits per heavy atom. The maximum atomic E-state index is 4.43.